The molecule has 1 heterocycles. The van der Waals surface area contributed by atoms with Gasteiger partial charge in [-0.2, -0.15) is 0 Å². The fourth-order valence-electron chi connectivity index (χ4n) is 1.34. The van der Waals surface area contributed by atoms with Crippen LogP contribution in [0.25, 0.3) is 0 Å². The van der Waals surface area contributed by atoms with Crippen molar-refractivity contribution in [3.05, 3.63) is 56.2 Å². The molecule has 0 unspecified atom stereocenters. The van der Waals surface area contributed by atoms with E-state index < -0.39 is 0 Å². The second-order valence-electron chi connectivity index (χ2n) is 3.34. The van der Waals surface area contributed by atoms with Crippen molar-refractivity contribution in [2.75, 3.05) is 0 Å². The van der Waals surface area contributed by atoms with Gasteiger partial charge in [0.1, 0.15) is 21.9 Å². The lowest BCUT2D eigenvalue weighted by Crippen LogP contribution is -1.98. The van der Waals surface area contributed by atoms with Crippen LogP contribution in [0.2, 0.25) is 10.3 Å². The summed E-state index contributed by atoms with van der Waals surface area (Å²) in [7, 11) is 0. The smallest absolute Gasteiger partial charge is 0.148 e. The third kappa shape index (κ3) is 3.15. The fourth-order valence-corrected chi connectivity index (χ4v) is 1.94. The average Bonchev–Trinajstić information content (AvgIpc) is 2.26. The van der Waals surface area contributed by atoms with Crippen LogP contribution in [0.3, 0.4) is 0 Å². The van der Waals surface area contributed by atoms with E-state index in [1.54, 1.807) is 12.1 Å². The van der Waals surface area contributed by atoms with Gasteiger partial charge in [-0.1, -0.05) is 35.3 Å². The van der Waals surface area contributed by atoms with Gasteiger partial charge in [-0.15, -0.1) is 0 Å². The molecular formula is C11H6BrCl2FN2. The zero-order valence-electron chi connectivity index (χ0n) is 8.42. The number of hydrogen-bond donors (Lipinski definition) is 0. The lowest BCUT2D eigenvalue weighted by Gasteiger charge is -2.04. The van der Waals surface area contributed by atoms with Gasteiger partial charge in [0.15, 0.2) is 0 Å². The molecule has 17 heavy (non-hydrogen) atoms. The van der Waals surface area contributed by atoms with E-state index in [-0.39, 0.29) is 16.1 Å². The molecule has 0 saturated carbocycles. The van der Waals surface area contributed by atoms with E-state index in [9.17, 15) is 4.39 Å². The Morgan fingerprint density at radius 1 is 1.18 bits per heavy atom. The first kappa shape index (κ1) is 12.7. The molecule has 0 aliphatic heterocycles. The van der Waals surface area contributed by atoms with Gasteiger partial charge in [-0.05, 0) is 33.6 Å². The molecule has 0 fully saturated rings. The highest BCUT2D eigenvalue weighted by Gasteiger charge is 2.09. The highest BCUT2D eigenvalue weighted by Crippen LogP contribution is 2.27. The van der Waals surface area contributed by atoms with Crippen LogP contribution in [0.15, 0.2) is 28.7 Å². The van der Waals surface area contributed by atoms with Gasteiger partial charge in [-0.3, -0.25) is 0 Å². The molecule has 0 radical (unpaired) electrons. The van der Waals surface area contributed by atoms with E-state index in [1.165, 1.54) is 12.1 Å². The molecule has 2 nitrogen and oxygen atoms in total. The molecule has 88 valence electrons. The Balaban J connectivity index is 2.31. The maximum atomic E-state index is 13.0. The molecule has 6 heteroatoms. The number of nitrogens with zero attached hydrogens (tertiary/aromatic N) is 2. The minimum Gasteiger partial charge on any atom is -0.220 e. The lowest BCUT2D eigenvalue weighted by molar-refractivity contribution is 0.626. The Hall–Kier alpha value is -0.710. The minimum atomic E-state index is -0.295. The summed E-state index contributed by atoms with van der Waals surface area (Å²) in [5.41, 5.74) is 0.763. The summed E-state index contributed by atoms with van der Waals surface area (Å²) in [6.07, 6.45) is 0.379. The monoisotopic (exact) mass is 334 g/mol. The zero-order chi connectivity index (χ0) is 12.4. The van der Waals surface area contributed by atoms with Crippen LogP contribution in [-0.4, -0.2) is 9.97 Å². The molecule has 0 aliphatic rings. The maximum Gasteiger partial charge on any atom is 0.148 e. The molecule has 0 bridgehead atoms. The fraction of sp³-hybridized carbons (Fsp3) is 0.0909. The van der Waals surface area contributed by atoms with Crippen molar-refractivity contribution >= 4 is 39.1 Å². The molecular weight excluding hydrogens is 330 g/mol. The van der Waals surface area contributed by atoms with Crippen LogP contribution in [0, 0.1) is 5.82 Å². The van der Waals surface area contributed by atoms with Crippen molar-refractivity contribution in [3.63, 3.8) is 0 Å². The molecule has 2 aromatic rings. The minimum absolute atomic E-state index is 0.247. The number of rotatable bonds is 2. The third-order valence-electron chi connectivity index (χ3n) is 2.07. The van der Waals surface area contributed by atoms with E-state index in [4.69, 9.17) is 23.2 Å². The van der Waals surface area contributed by atoms with E-state index in [0.717, 1.165) is 5.56 Å². The van der Waals surface area contributed by atoms with Gasteiger partial charge < -0.3 is 0 Å². The summed E-state index contributed by atoms with van der Waals surface area (Å²) in [6.45, 7) is 0. The summed E-state index contributed by atoms with van der Waals surface area (Å²) in [6, 6.07) is 6.22. The highest BCUT2D eigenvalue weighted by atomic mass is 79.9. The predicted molar refractivity (Wildman–Crippen MR) is 69.0 cm³/mol. The van der Waals surface area contributed by atoms with Crippen LogP contribution in [0.4, 0.5) is 4.39 Å². The summed E-state index contributed by atoms with van der Waals surface area (Å²) in [5.74, 6) is 0.158. The van der Waals surface area contributed by atoms with Gasteiger partial charge in [0.2, 0.25) is 0 Å². The van der Waals surface area contributed by atoms with Gasteiger partial charge in [0, 0.05) is 6.42 Å². The largest absolute Gasteiger partial charge is 0.220 e. The van der Waals surface area contributed by atoms with Gasteiger partial charge in [0.25, 0.3) is 0 Å². The van der Waals surface area contributed by atoms with Gasteiger partial charge in [-0.25, -0.2) is 14.4 Å². The first-order valence-corrected chi connectivity index (χ1v) is 6.23. The summed E-state index contributed by atoms with van der Waals surface area (Å²) in [5, 5.41) is 0.493. The topological polar surface area (TPSA) is 25.8 Å². The first-order chi connectivity index (χ1) is 8.06. The summed E-state index contributed by atoms with van der Waals surface area (Å²) >= 11 is 14.9. The van der Waals surface area contributed by atoms with Gasteiger partial charge >= 0.3 is 0 Å². The molecule has 1 aromatic heterocycles. The van der Waals surface area contributed by atoms with Crippen molar-refractivity contribution in [1.29, 1.82) is 0 Å². The van der Waals surface area contributed by atoms with Crippen LogP contribution >= 0.6 is 39.1 Å². The molecule has 0 spiro atoms. The molecule has 0 amide bonds. The van der Waals surface area contributed by atoms with Crippen molar-refractivity contribution in [3.8, 4) is 0 Å². The Morgan fingerprint density at radius 3 is 2.41 bits per heavy atom. The zero-order valence-corrected chi connectivity index (χ0v) is 11.5. The second kappa shape index (κ2) is 5.29. The third-order valence-corrected chi connectivity index (χ3v) is 3.82. The van der Waals surface area contributed by atoms with Crippen molar-refractivity contribution < 1.29 is 4.39 Å². The van der Waals surface area contributed by atoms with Crippen LogP contribution in [0.5, 0.6) is 0 Å². The van der Waals surface area contributed by atoms with E-state index in [0.29, 0.717) is 16.7 Å². The molecule has 0 saturated heterocycles. The summed E-state index contributed by atoms with van der Waals surface area (Å²) < 4.78 is 13.5. The van der Waals surface area contributed by atoms with Crippen molar-refractivity contribution in [1.82, 2.24) is 9.97 Å². The summed E-state index contributed by atoms with van der Waals surface area (Å²) in [4.78, 5) is 8.12. The Labute approximate surface area is 116 Å². The first-order valence-electron chi connectivity index (χ1n) is 4.68. The number of benzene rings is 1. The normalized spacial score (nSPS) is 10.6. The lowest BCUT2D eigenvalue weighted by atomic mass is 10.1. The maximum absolute atomic E-state index is 13.0. The number of halogens is 4. The second-order valence-corrected chi connectivity index (χ2v) is 4.85. The van der Waals surface area contributed by atoms with Crippen LogP contribution in [0.1, 0.15) is 11.4 Å². The van der Waals surface area contributed by atoms with Crippen LogP contribution < -0.4 is 0 Å². The Bertz CT molecular complexity index is 540. The van der Waals surface area contributed by atoms with Crippen molar-refractivity contribution in [2.24, 2.45) is 0 Å². The quantitative estimate of drug-likeness (QED) is 0.766. The SMILES string of the molecule is Fc1cccc(Cc2nc(Cl)c(Br)c(Cl)n2)c1. The average molecular weight is 336 g/mol. The standard InChI is InChI=1S/C11H6BrCl2FN2/c12-9-10(13)16-8(17-11(9)14)5-6-2-1-3-7(15)4-6/h1-4H,5H2. The number of hydrogen-bond acceptors (Lipinski definition) is 2. The predicted octanol–water partition coefficient (Wildman–Crippen LogP) is 4.28. The molecule has 0 aliphatic carbocycles. The van der Waals surface area contributed by atoms with Crippen molar-refractivity contribution in [2.45, 2.75) is 6.42 Å². The Kier molecular flexibility index (Phi) is 3.97. The highest BCUT2D eigenvalue weighted by molar-refractivity contribution is 9.10. The van der Waals surface area contributed by atoms with Gasteiger partial charge in [0.05, 0.1) is 4.47 Å². The number of aromatic nitrogens is 2. The van der Waals surface area contributed by atoms with E-state index in [1.807, 2.05) is 0 Å². The Morgan fingerprint density at radius 2 is 1.82 bits per heavy atom. The van der Waals surface area contributed by atoms with Crippen LogP contribution in [-0.2, 0) is 6.42 Å². The molecule has 1 aromatic carbocycles. The molecule has 2 rings (SSSR count). The molecule has 0 atom stereocenters. The molecule has 0 N–H and O–H groups in total. The van der Waals surface area contributed by atoms with E-state index >= 15 is 0 Å². The van der Waals surface area contributed by atoms with E-state index in [2.05, 4.69) is 25.9 Å².